The molecule has 0 fully saturated rings. The molecule has 6 heteroatoms. The highest BCUT2D eigenvalue weighted by molar-refractivity contribution is 6.31. The number of hydrogen-bond acceptors (Lipinski definition) is 3. The highest BCUT2D eigenvalue weighted by Crippen LogP contribution is 2.16. The summed E-state index contributed by atoms with van der Waals surface area (Å²) in [6, 6.07) is 11.6. The van der Waals surface area contributed by atoms with Crippen molar-refractivity contribution in [2.45, 2.75) is 6.92 Å². The van der Waals surface area contributed by atoms with Crippen molar-refractivity contribution < 1.29 is 4.74 Å². The van der Waals surface area contributed by atoms with E-state index in [4.69, 9.17) is 16.3 Å². The van der Waals surface area contributed by atoms with Gasteiger partial charge in [-0.05, 0) is 49.4 Å². The van der Waals surface area contributed by atoms with Gasteiger partial charge in [0.2, 0.25) is 0 Å². The molecule has 3 aromatic rings. The number of hydrogen-bond donors (Lipinski definition) is 1. The SMILES string of the molecule is CCOc1ccc(-n2c(=O)[nH]c3cc(Cl)ccc3c2=O)cc1. The average molecular weight is 317 g/mol. The summed E-state index contributed by atoms with van der Waals surface area (Å²) in [5.41, 5.74) is -0.000238. The fraction of sp³-hybridized carbons (Fsp3) is 0.125. The zero-order chi connectivity index (χ0) is 15.7. The highest BCUT2D eigenvalue weighted by atomic mass is 35.5. The normalized spacial score (nSPS) is 10.8. The summed E-state index contributed by atoms with van der Waals surface area (Å²) in [6.07, 6.45) is 0. The molecular weight excluding hydrogens is 304 g/mol. The first-order valence-electron chi connectivity index (χ1n) is 6.78. The van der Waals surface area contributed by atoms with E-state index in [0.717, 1.165) is 4.57 Å². The van der Waals surface area contributed by atoms with Crippen molar-refractivity contribution in [3.63, 3.8) is 0 Å². The van der Waals surface area contributed by atoms with Crippen LogP contribution in [0.4, 0.5) is 0 Å². The standard InChI is InChI=1S/C16H13ClN2O3/c1-2-22-12-6-4-11(5-7-12)19-15(20)13-8-3-10(17)9-14(13)18-16(19)21/h3-9H,2H2,1H3,(H,18,21). The van der Waals surface area contributed by atoms with Crippen molar-refractivity contribution in [2.75, 3.05) is 6.61 Å². The van der Waals surface area contributed by atoms with Crippen LogP contribution >= 0.6 is 11.6 Å². The van der Waals surface area contributed by atoms with Gasteiger partial charge in [0.05, 0.1) is 23.2 Å². The smallest absolute Gasteiger partial charge is 0.333 e. The molecular formula is C16H13ClN2O3. The van der Waals surface area contributed by atoms with Gasteiger partial charge in [-0.1, -0.05) is 11.6 Å². The maximum absolute atomic E-state index is 12.5. The van der Waals surface area contributed by atoms with Crippen LogP contribution in [0.3, 0.4) is 0 Å². The lowest BCUT2D eigenvalue weighted by Crippen LogP contribution is -2.33. The molecule has 1 N–H and O–H groups in total. The summed E-state index contributed by atoms with van der Waals surface area (Å²) >= 11 is 5.88. The van der Waals surface area contributed by atoms with E-state index < -0.39 is 5.69 Å². The number of aromatic nitrogens is 2. The van der Waals surface area contributed by atoms with E-state index >= 15 is 0 Å². The second kappa shape index (κ2) is 5.69. The largest absolute Gasteiger partial charge is 0.494 e. The van der Waals surface area contributed by atoms with Crippen molar-refractivity contribution in [2.24, 2.45) is 0 Å². The van der Waals surface area contributed by atoms with Crippen LogP contribution in [0.2, 0.25) is 5.02 Å². The van der Waals surface area contributed by atoms with Crippen LogP contribution < -0.4 is 16.0 Å². The minimum absolute atomic E-state index is 0.389. The van der Waals surface area contributed by atoms with Crippen LogP contribution in [0.15, 0.2) is 52.1 Å². The summed E-state index contributed by atoms with van der Waals surface area (Å²) in [7, 11) is 0. The minimum Gasteiger partial charge on any atom is -0.494 e. The summed E-state index contributed by atoms with van der Waals surface area (Å²) in [5.74, 6) is 0.684. The third kappa shape index (κ3) is 2.51. The van der Waals surface area contributed by atoms with E-state index in [0.29, 0.717) is 34.0 Å². The van der Waals surface area contributed by atoms with Crippen LogP contribution in [0.1, 0.15) is 6.92 Å². The molecule has 2 aromatic carbocycles. The lowest BCUT2D eigenvalue weighted by atomic mass is 10.2. The quantitative estimate of drug-likeness (QED) is 0.808. The summed E-state index contributed by atoms with van der Waals surface area (Å²) in [5, 5.41) is 0.860. The Morgan fingerprint density at radius 2 is 1.86 bits per heavy atom. The number of halogens is 1. The van der Waals surface area contributed by atoms with Gasteiger partial charge in [-0.3, -0.25) is 4.79 Å². The number of aromatic amines is 1. The first-order valence-corrected chi connectivity index (χ1v) is 7.16. The fourth-order valence-corrected chi connectivity index (χ4v) is 2.45. The molecule has 5 nitrogen and oxygen atoms in total. The third-order valence-corrected chi connectivity index (χ3v) is 3.50. The average Bonchev–Trinajstić information content (AvgIpc) is 2.49. The second-order valence-electron chi connectivity index (χ2n) is 4.69. The Labute approximate surface area is 130 Å². The first kappa shape index (κ1) is 14.4. The van der Waals surface area contributed by atoms with E-state index in [-0.39, 0.29) is 5.56 Å². The van der Waals surface area contributed by atoms with Crippen LogP contribution in [0.25, 0.3) is 16.6 Å². The van der Waals surface area contributed by atoms with Crippen molar-refractivity contribution in [3.8, 4) is 11.4 Å². The fourth-order valence-electron chi connectivity index (χ4n) is 2.28. The topological polar surface area (TPSA) is 64.1 Å². The lowest BCUT2D eigenvalue weighted by molar-refractivity contribution is 0.340. The number of H-pyrrole nitrogens is 1. The van der Waals surface area contributed by atoms with Gasteiger partial charge in [0.1, 0.15) is 5.75 Å². The van der Waals surface area contributed by atoms with Gasteiger partial charge in [-0.15, -0.1) is 0 Å². The van der Waals surface area contributed by atoms with Gasteiger partial charge in [0.15, 0.2) is 0 Å². The van der Waals surface area contributed by atoms with Gasteiger partial charge in [-0.25, -0.2) is 9.36 Å². The number of nitrogens with zero attached hydrogens (tertiary/aromatic N) is 1. The summed E-state index contributed by atoms with van der Waals surface area (Å²) < 4.78 is 6.44. The molecule has 1 aromatic heterocycles. The van der Waals surface area contributed by atoms with Crippen molar-refractivity contribution in [1.29, 1.82) is 0 Å². The zero-order valence-corrected chi connectivity index (χ0v) is 12.6. The Kier molecular flexibility index (Phi) is 3.73. The van der Waals surface area contributed by atoms with Gasteiger partial charge >= 0.3 is 5.69 Å². The number of fused-ring (bicyclic) bond motifs is 1. The number of nitrogens with one attached hydrogen (secondary N) is 1. The molecule has 0 amide bonds. The number of benzene rings is 2. The van der Waals surface area contributed by atoms with Gasteiger partial charge in [0, 0.05) is 5.02 Å². The number of rotatable bonds is 3. The van der Waals surface area contributed by atoms with Gasteiger partial charge in [0.25, 0.3) is 5.56 Å². The Morgan fingerprint density at radius 3 is 2.55 bits per heavy atom. The van der Waals surface area contributed by atoms with Gasteiger partial charge < -0.3 is 9.72 Å². The predicted molar refractivity (Wildman–Crippen MR) is 86.3 cm³/mol. The predicted octanol–water partition coefficient (Wildman–Crippen LogP) is 2.73. The second-order valence-corrected chi connectivity index (χ2v) is 5.12. The van der Waals surface area contributed by atoms with Gasteiger partial charge in [-0.2, -0.15) is 0 Å². The molecule has 0 saturated carbocycles. The molecule has 0 radical (unpaired) electrons. The zero-order valence-electron chi connectivity index (χ0n) is 11.8. The maximum Gasteiger partial charge on any atom is 0.333 e. The van der Waals surface area contributed by atoms with Crippen LogP contribution in [-0.2, 0) is 0 Å². The molecule has 3 rings (SSSR count). The van der Waals surface area contributed by atoms with E-state index in [1.54, 1.807) is 42.5 Å². The molecule has 0 saturated heterocycles. The summed E-state index contributed by atoms with van der Waals surface area (Å²) in [4.78, 5) is 27.4. The molecule has 22 heavy (non-hydrogen) atoms. The Hall–Kier alpha value is -2.53. The Balaban J connectivity index is 2.20. The molecule has 112 valence electrons. The van der Waals surface area contributed by atoms with Crippen molar-refractivity contribution >= 4 is 22.5 Å². The monoisotopic (exact) mass is 316 g/mol. The van der Waals surface area contributed by atoms with E-state index in [9.17, 15) is 9.59 Å². The van der Waals surface area contributed by atoms with Crippen LogP contribution in [0, 0.1) is 0 Å². The molecule has 0 unspecified atom stereocenters. The van der Waals surface area contributed by atoms with Crippen molar-refractivity contribution in [1.82, 2.24) is 9.55 Å². The molecule has 0 aliphatic heterocycles. The molecule has 0 atom stereocenters. The molecule has 0 aliphatic rings. The van der Waals surface area contributed by atoms with Crippen molar-refractivity contribution in [3.05, 3.63) is 68.3 Å². The lowest BCUT2D eigenvalue weighted by Gasteiger charge is -2.08. The van der Waals surface area contributed by atoms with Crippen LogP contribution in [0.5, 0.6) is 5.75 Å². The molecule has 0 aliphatic carbocycles. The van der Waals surface area contributed by atoms with Crippen LogP contribution in [-0.4, -0.2) is 16.2 Å². The van der Waals surface area contributed by atoms with E-state index in [1.165, 1.54) is 0 Å². The summed E-state index contributed by atoms with van der Waals surface area (Å²) in [6.45, 7) is 2.44. The Morgan fingerprint density at radius 1 is 1.14 bits per heavy atom. The third-order valence-electron chi connectivity index (χ3n) is 3.27. The van der Waals surface area contributed by atoms with E-state index in [1.807, 2.05) is 6.92 Å². The first-order chi connectivity index (χ1) is 10.6. The molecule has 0 bridgehead atoms. The highest BCUT2D eigenvalue weighted by Gasteiger charge is 2.10. The number of ether oxygens (including phenoxy) is 1. The Bertz CT molecular complexity index is 942. The molecule has 1 heterocycles. The molecule has 0 spiro atoms. The maximum atomic E-state index is 12.5. The van der Waals surface area contributed by atoms with E-state index in [2.05, 4.69) is 4.98 Å². The minimum atomic E-state index is -0.510.